The maximum atomic E-state index is 5.94. The molecule has 1 atom stereocenters. The van der Waals surface area contributed by atoms with Gasteiger partial charge in [-0.25, -0.2) is 4.98 Å². The molecule has 114 valence electrons. The Morgan fingerprint density at radius 1 is 1.30 bits per heavy atom. The van der Waals surface area contributed by atoms with Gasteiger partial charge >= 0.3 is 0 Å². The molecule has 0 bridgehead atoms. The summed E-state index contributed by atoms with van der Waals surface area (Å²) in [6, 6.07) is 2.09. The summed E-state index contributed by atoms with van der Waals surface area (Å²) in [5.74, 6) is 0.712. The van der Waals surface area contributed by atoms with Crippen molar-refractivity contribution in [2.75, 3.05) is 13.7 Å². The number of nitrogens with zero attached hydrogens (tertiary/aromatic N) is 1. The topological polar surface area (TPSA) is 43.4 Å². The van der Waals surface area contributed by atoms with Crippen molar-refractivity contribution in [3.8, 4) is 5.88 Å². The Morgan fingerprint density at radius 3 is 2.50 bits per heavy atom. The SMILES string of the molecule is COCC(C)Oc1nc(C)cc(C)c1CNC(C)(C)C. The first kappa shape index (κ1) is 16.9. The van der Waals surface area contributed by atoms with Crippen LogP contribution in [0.5, 0.6) is 5.88 Å². The molecular formula is C16H28N2O2. The quantitative estimate of drug-likeness (QED) is 0.870. The average molecular weight is 280 g/mol. The number of ether oxygens (including phenoxy) is 2. The minimum Gasteiger partial charge on any atom is -0.472 e. The summed E-state index contributed by atoms with van der Waals surface area (Å²) < 4.78 is 11.1. The van der Waals surface area contributed by atoms with Gasteiger partial charge in [-0.1, -0.05) is 0 Å². The molecule has 4 nitrogen and oxygen atoms in total. The smallest absolute Gasteiger partial charge is 0.218 e. The lowest BCUT2D eigenvalue weighted by Crippen LogP contribution is -2.35. The van der Waals surface area contributed by atoms with E-state index in [0.29, 0.717) is 12.5 Å². The van der Waals surface area contributed by atoms with Crippen LogP contribution in [0.25, 0.3) is 0 Å². The Hall–Kier alpha value is -1.13. The molecule has 1 aromatic rings. The molecule has 0 aliphatic rings. The molecule has 1 heterocycles. The van der Waals surface area contributed by atoms with E-state index in [0.717, 1.165) is 17.8 Å². The Labute approximate surface area is 122 Å². The van der Waals surface area contributed by atoms with Crippen LogP contribution in [0.2, 0.25) is 0 Å². The number of rotatable bonds is 6. The van der Waals surface area contributed by atoms with Gasteiger partial charge in [0.05, 0.1) is 6.61 Å². The molecule has 1 N–H and O–H groups in total. The lowest BCUT2D eigenvalue weighted by atomic mass is 10.1. The van der Waals surface area contributed by atoms with Crippen molar-refractivity contribution in [1.82, 2.24) is 10.3 Å². The summed E-state index contributed by atoms with van der Waals surface area (Å²) in [6.07, 6.45) is -0.0120. The Kier molecular flexibility index (Phi) is 5.96. The van der Waals surface area contributed by atoms with Gasteiger partial charge in [0.2, 0.25) is 5.88 Å². The minimum atomic E-state index is -0.0120. The number of hydrogen-bond donors (Lipinski definition) is 1. The van der Waals surface area contributed by atoms with E-state index in [4.69, 9.17) is 9.47 Å². The zero-order valence-corrected chi connectivity index (χ0v) is 13.8. The lowest BCUT2D eigenvalue weighted by Gasteiger charge is -2.23. The predicted octanol–water partition coefficient (Wildman–Crippen LogP) is 3.00. The second kappa shape index (κ2) is 7.04. The molecule has 0 aliphatic heterocycles. The number of aryl methyl sites for hydroxylation is 2. The molecule has 0 aliphatic carbocycles. The van der Waals surface area contributed by atoms with E-state index in [2.05, 4.69) is 44.1 Å². The van der Waals surface area contributed by atoms with Crippen LogP contribution in [0.4, 0.5) is 0 Å². The molecule has 0 fully saturated rings. The van der Waals surface area contributed by atoms with Crippen LogP contribution < -0.4 is 10.1 Å². The van der Waals surface area contributed by atoms with E-state index < -0.39 is 0 Å². The second-order valence-electron chi connectivity index (χ2n) is 6.35. The van der Waals surface area contributed by atoms with E-state index in [1.54, 1.807) is 7.11 Å². The molecular weight excluding hydrogens is 252 g/mol. The fraction of sp³-hybridized carbons (Fsp3) is 0.688. The first-order chi connectivity index (χ1) is 9.23. The first-order valence-corrected chi connectivity index (χ1v) is 7.10. The van der Waals surface area contributed by atoms with Crippen LogP contribution in [0.3, 0.4) is 0 Å². The molecule has 0 saturated carbocycles. The van der Waals surface area contributed by atoms with Crippen molar-refractivity contribution in [1.29, 1.82) is 0 Å². The van der Waals surface area contributed by atoms with E-state index in [9.17, 15) is 0 Å². The average Bonchev–Trinajstić information content (AvgIpc) is 2.26. The Balaban J connectivity index is 2.95. The fourth-order valence-corrected chi connectivity index (χ4v) is 1.95. The maximum Gasteiger partial charge on any atom is 0.218 e. The number of hydrogen-bond acceptors (Lipinski definition) is 4. The van der Waals surface area contributed by atoms with E-state index in [-0.39, 0.29) is 11.6 Å². The number of nitrogens with one attached hydrogen (secondary N) is 1. The minimum absolute atomic E-state index is 0.0120. The monoisotopic (exact) mass is 280 g/mol. The summed E-state index contributed by atoms with van der Waals surface area (Å²) in [4.78, 5) is 4.54. The molecule has 1 aromatic heterocycles. The third-order valence-corrected chi connectivity index (χ3v) is 2.95. The third-order valence-electron chi connectivity index (χ3n) is 2.95. The molecule has 20 heavy (non-hydrogen) atoms. The van der Waals surface area contributed by atoms with Crippen LogP contribution in [0.15, 0.2) is 6.07 Å². The molecule has 0 spiro atoms. The Bertz CT molecular complexity index is 439. The van der Waals surface area contributed by atoms with Gasteiger partial charge in [-0.15, -0.1) is 0 Å². The zero-order valence-electron chi connectivity index (χ0n) is 13.8. The van der Waals surface area contributed by atoms with Gasteiger partial charge in [0.25, 0.3) is 0 Å². The third kappa shape index (κ3) is 5.47. The largest absolute Gasteiger partial charge is 0.472 e. The molecule has 1 unspecified atom stereocenters. The summed E-state index contributed by atoms with van der Waals surface area (Å²) in [5, 5.41) is 3.49. The summed E-state index contributed by atoms with van der Waals surface area (Å²) in [5.41, 5.74) is 3.36. The second-order valence-corrected chi connectivity index (χ2v) is 6.35. The maximum absolute atomic E-state index is 5.94. The van der Waals surface area contributed by atoms with Gasteiger partial charge in [0, 0.05) is 30.5 Å². The van der Waals surface area contributed by atoms with Gasteiger partial charge < -0.3 is 14.8 Å². The van der Waals surface area contributed by atoms with Crippen molar-refractivity contribution in [2.45, 2.75) is 59.7 Å². The molecule has 0 radical (unpaired) electrons. The van der Waals surface area contributed by atoms with E-state index in [1.807, 2.05) is 13.8 Å². The molecule has 0 saturated heterocycles. The molecule has 0 aromatic carbocycles. The van der Waals surface area contributed by atoms with Crippen molar-refractivity contribution >= 4 is 0 Å². The predicted molar refractivity (Wildman–Crippen MR) is 82.3 cm³/mol. The highest BCUT2D eigenvalue weighted by Crippen LogP contribution is 2.22. The van der Waals surface area contributed by atoms with E-state index in [1.165, 1.54) is 5.56 Å². The van der Waals surface area contributed by atoms with Crippen molar-refractivity contribution < 1.29 is 9.47 Å². The molecule has 1 rings (SSSR count). The normalized spacial score (nSPS) is 13.3. The standard InChI is InChI=1S/C16H28N2O2/c1-11-8-12(2)18-15(20-13(3)10-19-7)14(11)9-17-16(4,5)6/h8,13,17H,9-10H2,1-7H3. The number of methoxy groups -OCH3 is 1. The lowest BCUT2D eigenvalue weighted by molar-refractivity contribution is 0.0879. The van der Waals surface area contributed by atoms with Gasteiger partial charge in [-0.3, -0.25) is 0 Å². The summed E-state index contributed by atoms with van der Waals surface area (Å²) in [6.45, 7) is 13.8. The molecule has 0 amide bonds. The summed E-state index contributed by atoms with van der Waals surface area (Å²) in [7, 11) is 1.68. The first-order valence-electron chi connectivity index (χ1n) is 7.10. The van der Waals surface area contributed by atoms with Gasteiger partial charge in [0.1, 0.15) is 6.10 Å². The highest BCUT2D eigenvalue weighted by molar-refractivity contribution is 5.36. The summed E-state index contributed by atoms with van der Waals surface area (Å²) >= 11 is 0. The highest BCUT2D eigenvalue weighted by atomic mass is 16.5. The van der Waals surface area contributed by atoms with Crippen molar-refractivity contribution in [2.24, 2.45) is 0 Å². The molecule has 4 heteroatoms. The van der Waals surface area contributed by atoms with Crippen LogP contribution >= 0.6 is 0 Å². The number of aromatic nitrogens is 1. The van der Waals surface area contributed by atoms with Crippen LogP contribution in [-0.2, 0) is 11.3 Å². The number of pyridine rings is 1. The zero-order chi connectivity index (χ0) is 15.3. The van der Waals surface area contributed by atoms with Crippen LogP contribution in [0.1, 0.15) is 44.5 Å². The van der Waals surface area contributed by atoms with Gasteiger partial charge in [0.15, 0.2) is 0 Å². The van der Waals surface area contributed by atoms with Crippen molar-refractivity contribution in [3.05, 3.63) is 22.9 Å². The highest BCUT2D eigenvalue weighted by Gasteiger charge is 2.16. The van der Waals surface area contributed by atoms with E-state index >= 15 is 0 Å². The fourth-order valence-electron chi connectivity index (χ4n) is 1.95. The Morgan fingerprint density at radius 2 is 1.95 bits per heavy atom. The van der Waals surface area contributed by atoms with Crippen LogP contribution in [-0.4, -0.2) is 30.3 Å². The van der Waals surface area contributed by atoms with Crippen molar-refractivity contribution in [3.63, 3.8) is 0 Å². The van der Waals surface area contributed by atoms with Gasteiger partial charge in [-0.05, 0) is 53.2 Å². The van der Waals surface area contributed by atoms with Crippen LogP contribution in [0, 0.1) is 13.8 Å². The van der Waals surface area contributed by atoms with Gasteiger partial charge in [-0.2, -0.15) is 0 Å².